The minimum atomic E-state index is -0.242. The maximum Gasteiger partial charge on any atom is 0.233 e. The molecule has 15 heavy (non-hydrogen) atoms. The van der Waals surface area contributed by atoms with E-state index in [0.717, 1.165) is 5.56 Å². The van der Waals surface area contributed by atoms with Crippen molar-refractivity contribution in [1.82, 2.24) is 10.6 Å². The lowest BCUT2D eigenvalue weighted by Crippen LogP contribution is -2.33. The maximum atomic E-state index is 12.8. The van der Waals surface area contributed by atoms with Gasteiger partial charge < -0.3 is 10.6 Å². The van der Waals surface area contributed by atoms with Crippen LogP contribution in [-0.2, 0) is 11.2 Å². The van der Waals surface area contributed by atoms with Gasteiger partial charge in [0.15, 0.2) is 0 Å². The molecule has 0 aliphatic rings. The van der Waals surface area contributed by atoms with Gasteiger partial charge >= 0.3 is 0 Å². The van der Waals surface area contributed by atoms with E-state index in [1.54, 1.807) is 13.1 Å². The van der Waals surface area contributed by atoms with Gasteiger partial charge in [0.2, 0.25) is 5.91 Å². The monoisotopic (exact) mass is 210 g/mol. The van der Waals surface area contributed by atoms with E-state index in [4.69, 9.17) is 0 Å². The summed E-state index contributed by atoms with van der Waals surface area (Å²) in [7, 11) is 1.71. The number of halogens is 1. The van der Waals surface area contributed by atoms with Gasteiger partial charge in [0, 0.05) is 6.54 Å². The lowest BCUT2D eigenvalue weighted by Gasteiger charge is -2.04. The molecule has 0 unspecified atom stereocenters. The number of benzene rings is 1. The van der Waals surface area contributed by atoms with E-state index in [2.05, 4.69) is 10.6 Å². The summed E-state index contributed by atoms with van der Waals surface area (Å²) in [5.41, 5.74) is 0.889. The molecule has 1 aromatic carbocycles. The summed E-state index contributed by atoms with van der Waals surface area (Å²) in [6, 6.07) is 6.39. The molecule has 0 heterocycles. The number of carbonyl (C=O) groups is 1. The van der Waals surface area contributed by atoms with E-state index in [9.17, 15) is 9.18 Å². The highest BCUT2D eigenvalue weighted by Crippen LogP contribution is 2.03. The zero-order valence-electron chi connectivity index (χ0n) is 8.72. The Bertz CT molecular complexity index is 328. The van der Waals surface area contributed by atoms with E-state index < -0.39 is 0 Å². The predicted molar refractivity (Wildman–Crippen MR) is 57.0 cm³/mol. The first-order valence-electron chi connectivity index (χ1n) is 4.88. The Balaban J connectivity index is 2.28. The molecule has 0 aromatic heterocycles. The molecule has 3 nitrogen and oxygen atoms in total. The normalized spacial score (nSPS) is 10.0. The van der Waals surface area contributed by atoms with Crippen molar-refractivity contribution in [3.8, 4) is 0 Å². The van der Waals surface area contributed by atoms with Crippen LogP contribution in [0.4, 0.5) is 4.39 Å². The van der Waals surface area contributed by atoms with Crippen LogP contribution >= 0.6 is 0 Å². The first-order chi connectivity index (χ1) is 7.22. The Hall–Kier alpha value is -1.42. The quantitative estimate of drug-likeness (QED) is 0.751. The fraction of sp³-hybridized carbons (Fsp3) is 0.364. The molecule has 2 N–H and O–H groups in total. The summed E-state index contributed by atoms with van der Waals surface area (Å²) in [6.45, 7) is 0.840. The van der Waals surface area contributed by atoms with Gasteiger partial charge in [-0.25, -0.2) is 4.39 Å². The second-order valence-corrected chi connectivity index (χ2v) is 3.26. The van der Waals surface area contributed by atoms with Crippen molar-refractivity contribution in [2.75, 3.05) is 20.1 Å². The lowest BCUT2D eigenvalue weighted by molar-refractivity contribution is -0.120. The van der Waals surface area contributed by atoms with Gasteiger partial charge in [-0.2, -0.15) is 0 Å². The second-order valence-electron chi connectivity index (χ2n) is 3.26. The van der Waals surface area contributed by atoms with Crippen LogP contribution in [0.5, 0.6) is 0 Å². The maximum absolute atomic E-state index is 12.8. The van der Waals surface area contributed by atoms with Gasteiger partial charge in [0.1, 0.15) is 5.82 Å². The first-order valence-corrected chi connectivity index (χ1v) is 4.88. The molecule has 0 aliphatic carbocycles. The van der Waals surface area contributed by atoms with Gasteiger partial charge in [-0.05, 0) is 31.2 Å². The third-order valence-corrected chi connectivity index (χ3v) is 1.96. The summed E-state index contributed by atoms with van der Waals surface area (Å²) < 4.78 is 12.8. The molecular weight excluding hydrogens is 195 g/mol. The minimum absolute atomic E-state index is 0.0473. The van der Waals surface area contributed by atoms with E-state index in [0.29, 0.717) is 19.5 Å². The molecule has 0 fully saturated rings. The van der Waals surface area contributed by atoms with Crippen LogP contribution in [0.3, 0.4) is 0 Å². The number of amides is 1. The highest BCUT2D eigenvalue weighted by Gasteiger charge is 1.99. The van der Waals surface area contributed by atoms with Crippen molar-refractivity contribution < 1.29 is 9.18 Å². The summed E-state index contributed by atoms with van der Waals surface area (Å²) >= 11 is 0. The van der Waals surface area contributed by atoms with Gasteiger partial charge in [-0.1, -0.05) is 12.1 Å². The van der Waals surface area contributed by atoms with Crippen LogP contribution < -0.4 is 10.6 Å². The zero-order valence-corrected chi connectivity index (χ0v) is 8.72. The number of carbonyl (C=O) groups excluding carboxylic acids is 1. The first kappa shape index (κ1) is 11.7. The Labute approximate surface area is 88.7 Å². The second kappa shape index (κ2) is 6.14. The van der Waals surface area contributed by atoms with Gasteiger partial charge in [0.05, 0.1) is 6.54 Å². The number of hydrogen-bond acceptors (Lipinski definition) is 2. The van der Waals surface area contributed by atoms with Crippen LogP contribution in [0.1, 0.15) is 5.56 Å². The predicted octanol–water partition coefficient (Wildman–Crippen LogP) is 0.704. The average molecular weight is 210 g/mol. The van der Waals surface area contributed by atoms with Gasteiger partial charge in [0.25, 0.3) is 0 Å². The standard InChI is InChI=1S/C11H15FN2O/c1-13-8-11(15)14-6-5-9-3-2-4-10(12)7-9/h2-4,7,13H,5-6,8H2,1H3,(H,14,15). The van der Waals surface area contributed by atoms with Crippen LogP contribution in [0.2, 0.25) is 0 Å². The van der Waals surface area contributed by atoms with Crippen molar-refractivity contribution in [1.29, 1.82) is 0 Å². The molecular formula is C11H15FN2O. The van der Waals surface area contributed by atoms with E-state index >= 15 is 0 Å². The number of nitrogens with one attached hydrogen (secondary N) is 2. The Morgan fingerprint density at radius 2 is 2.27 bits per heavy atom. The van der Waals surface area contributed by atoms with E-state index in [1.165, 1.54) is 12.1 Å². The molecule has 0 saturated carbocycles. The van der Waals surface area contributed by atoms with Crippen LogP contribution in [0, 0.1) is 5.82 Å². The topological polar surface area (TPSA) is 41.1 Å². The van der Waals surface area contributed by atoms with Crippen LogP contribution in [0.15, 0.2) is 24.3 Å². The molecule has 0 aliphatic heterocycles. The highest BCUT2D eigenvalue weighted by molar-refractivity contribution is 5.77. The SMILES string of the molecule is CNCC(=O)NCCc1cccc(F)c1. The molecule has 0 spiro atoms. The van der Waals surface area contributed by atoms with E-state index in [1.807, 2.05) is 6.07 Å². The molecule has 1 aromatic rings. The zero-order chi connectivity index (χ0) is 11.1. The molecule has 0 bridgehead atoms. The smallest absolute Gasteiger partial charge is 0.233 e. The molecule has 82 valence electrons. The van der Waals surface area contributed by atoms with E-state index in [-0.39, 0.29) is 11.7 Å². The van der Waals surface area contributed by atoms with Crippen molar-refractivity contribution >= 4 is 5.91 Å². The van der Waals surface area contributed by atoms with Gasteiger partial charge in [-0.3, -0.25) is 4.79 Å². The Morgan fingerprint density at radius 1 is 1.47 bits per heavy atom. The molecule has 1 amide bonds. The minimum Gasteiger partial charge on any atom is -0.355 e. The third-order valence-electron chi connectivity index (χ3n) is 1.96. The highest BCUT2D eigenvalue weighted by atomic mass is 19.1. The van der Waals surface area contributed by atoms with Crippen molar-refractivity contribution in [3.05, 3.63) is 35.6 Å². The molecule has 0 atom stereocenters. The molecule has 0 saturated heterocycles. The van der Waals surface area contributed by atoms with Crippen LogP contribution in [0.25, 0.3) is 0 Å². The average Bonchev–Trinajstić information content (AvgIpc) is 2.18. The number of rotatable bonds is 5. The lowest BCUT2D eigenvalue weighted by atomic mass is 10.1. The molecule has 1 rings (SSSR count). The summed E-state index contributed by atoms with van der Waals surface area (Å²) in [5.74, 6) is -0.289. The third kappa shape index (κ3) is 4.56. The van der Waals surface area contributed by atoms with Crippen molar-refractivity contribution in [2.45, 2.75) is 6.42 Å². The fourth-order valence-corrected chi connectivity index (χ4v) is 1.26. The van der Waals surface area contributed by atoms with Crippen LogP contribution in [-0.4, -0.2) is 26.0 Å². The van der Waals surface area contributed by atoms with Crippen molar-refractivity contribution in [2.24, 2.45) is 0 Å². The summed E-state index contributed by atoms with van der Waals surface area (Å²) in [5, 5.41) is 5.48. The Kier molecular flexibility index (Phi) is 4.77. The number of likely N-dealkylation sites (N-methyl/N-ethyl adjacent to an activating group) is 1. The molecule has 4 heteroatoms. The Morgan fingerprint density at radius 3 is 2.93 bits per heavy atom. The number of hydrogen-bond donors (Lipinski definition) is 2. The molecule has 0 radical (unpaired) electrons. The van der Waals surface area contributed by atoms with Crippen molar-refractivity contribution in [3.63, 3.8) is 0 Å². The fourth-order valence-electron chi connectivity index (χ4n) is 1.26. The summed E-state index contributed by atoms with van der Waals surface area (Å²) in [6.07, 6.45) is 0.646. The summed E-state index contributed by atoms with van der Waals surface area (Å²) in [4.78, 5) is 11.1. The van der Waals surface area contributed by atoms with Gasteiger partial charge in [-0.15, -0.1) is 0 Å². The largest absolute Gasteiger partial charge is 0.355 e.